The van der Waals surface area contributed by atoms with E-state index in [1.807, 2.05) is 0 Å². The van der Waals surface area contributed by atoms with Gasteiger partial charge in [0.05, 0.1) is 18.4 Å². The summed E-state index contributed by atoms with van der Waals surface area (Å²) >= 11 is 0. The largest absolute Gasteiger partial charge is 0.480 e. The first-order chi connectivity index (χ1) is 14.9. The van der Waals surface area contributed by atoms with Crippen LogP contribution in [0.25, 0.3) is 11.2 Å². The number of fused-ring (bicyclic) bond motifs is 1. The van der Waals surface area contributed by atoms with E-state index in [4.69, 9.17) is 10.8 Å². The molecule has 1 amide bonds. The predicted molar refractivity (Wildman–Crippen MR) is 110 cm³/mol. The summed E-state index contributed by atoms with van der Waals surface area (Å²) in [6, 6.07) is 5.19. The second kappa shape index (κ2) is 9.43. The van der Waals surface area contributed by atoms with Crippen molar-refractivity contribution in [1.29, 1.82) is 0 Å². The number of carboxylic acid groups (broad SMARTS) is 1. The number of aliphatic carboxylic acids is 1. The van der Waals surface area contributed by atoms with Crippen LogP contribution in [0.3, 0.4) is 0 Å². The molecule has 0 radical (unpaired) electrons. The van der Waals surface area contributed by atoms with Crippen molar-refractivity contribution in [3.05, 3.63) is 52.1 Å². The van der Waals surface area contributed by atoms with Crippen LogP contribution in [0.1, 0.15) is 28.9 Å². The molecule has 1 aromatic carbocycles. The number of nitrogens with zero attached hydrogens (tertiary/aromatic N) is 3. The van der Waals surface area contributed by atoms with Crippen molar-refractivity contribution in [3.63, 3.8) is 0 Å². The second-order valence-electron chi connectivity index (χ2n) is 6.52. The molecule has 0 aliphatic carbocycles. The zero-order valence-electron chi connectivity index (χ0n) is 16.2. The number of carbonyl (C=O) groups excluding carboxylic acids is 2. The van der Waals surface area contributed by atoms with Gasteiger partial charge in [-0.2, -0.15) is 4.98 Å². The number of carboxylic acids is 1. The molecular weight excluding hydrogens is 406 g/mol. The fourth-order valence-electron chi connectivity index (χ4n) is 2.72. The molecule has 0 unspecified atom stereocenters. The number of amides is 1. The van der Waals surface area contributed by atoms with Crippen molar-refractivity contribution in [2.45, 2.75) is 25.4 Å². The van der Waals surface area contributed by atoms with E-state index in [9.17, 15) is 19.2 Å². The molecular formula is C19H19N7O5. The standard InChI is InChI=1S/C19H19N7O5/c20-19-25-15-14(17(29)26-19)23-12(9-22-15)8-21-11-5-3-10(4-6-11)16(28)24-13(18(30)31)2-1-7-27/h3-7,9,13,21H,1-2,8H2,(H,24,28)(H,30,31)(H3,20,22,25,26,29)/t13-/m0/s1. The number of aromatic nitrogens is 4. The first-order valence-electron chi connectivity index (χ1n) is 9.20. The minimum absolute atomic E-state index is 0.0158. The predicted octanol–water partition coefficient (Wildman–Crippen LogP) is 0.0695. The van der Waals surface area contributed by atoms with Gasteiger partial charge in [0.15, 0.2) is 11.2 Å². The van der Waals surface area contributed by atoms with Gasteiger partial charge in [-0.1, -0.05) is 0 Å². The maximum atomic E-state index is 12.2. The molecule has 0 aliphatic heterocycles. The van der Waals surface area contributed by atoms with E-state index in [0.717, 1.165) is 0 Å². The van der Waals surface area contributed by atoms with Gasteiger partial charge < -0.3 is 26.3 Å². The maximum Gasteiger partial charge on any atom is 0.326 e. The van der Waals surface area contributed by atoms with Crippen LogP contribution in [0.5, 0.6) is 0 Å². The number of anilines is 2. The molecule has 6 N–H and O–H groups in total. The summed E-state index contributed by atoms with van der Waals surface area (Å²) in [4.78, 5) is 60.3. The molecule has 0 bridgehead atoms. The molecule has 160 valence electrons. The topological polar surface area (TPSA) is 193 Å². The number of carbonyl (C=O) groups is 3. The molecule has 2 aromatic heterocycles. The highest BCUT2D eigenvalue weighted by atomic mass is 16.4. The number of aldehydes is 1. The SMILES string of the molecule is Nc1nc2ncc(CNc3ccc(C(=O)N[C@@H](CCC=O)C(=O)O)cc3)nc2c(=O)[nH]1. The molecule has 1 atom stereocenters. The molecule has 12 nitrogen and oxygen atoms in total. The maximum absolute atomic E-state index is 12.2. The fourth-order valence-corrected chi connectivity index (χ4v) is 2.72. The van der Waals surface area contributed by atoms with E-state index in [1.165, 1.54) is 18.3 Å². The number of benzene rings is 1. The Balaban J connectivity index is 1.63. The van der Waals surface area contributed by atoms with Crippen molar-refractivity contribution in [1.82, 2.24) is 25.3 Å². The van der Waals surface area contributed by atoms with Crippen LogP contribution in [0, 0.1) is 0 Å². The van der Waals surface area contributed by atoms with Crippen LogP contribution in [0.4, 0.5) is 11.6 Å². The number of H-pyrrole nitrogens is 1. The zero-order valence-corrected chi connectivity index (χ0v) is 16.2. The summed E-state index contributed by atoms with van der Waals surface area (Å²) < 4.78 is 0. The zero-order chi connectivity index (χ0) is 22.4. The third kappa shape index (κ3) is 5.38. The summed E-state index contributed by atoms with van der Waals surface area (Å²) in [5, 5.41) is 14.6. The first kappa shape index (κ1) is 21.4. The highest BCUT2D eigenvalue weighted by Crippen LogP contribution is 2.12. The molecule has 31 heavy (non-hydrogen) atoms. The lowest BCUT2D eigenvalue weighted by Crippen LogP contribution is -2.40. The summed E-state index contributed by atoms with van der Waals surface area (Å²) in [5.41, 5.74) is 6.63. The third-order valence-corrected chi connectivity index (χ3v) is 4.28. The molecule has 3 rings (SSSR count). The number of aromatic amines is 1. The Morgan fingerprint density at radius 3 is 2.65 bits per heavy atom. The molecule has 0 aliphatic rings. The average molecular weight is 425 g/mol. The monoisotopic (exact) mass is 425 g/mol. The van der Waals surface area contributed by atoms with Crippen molar-refractivity contribution in [2.75, 3.05) is 11.1 Å². The second-order valence-corrected chi connectivity index (χ2v) is 6.52. The summed E-state index contributed by atoms with van der Waals surface area (Å²) in [6.07, 6.45) is 2.12. The van der Waals surface area contributed by atoms with Crippen molar-refractivity contribution in [2.24, 2.45) is 0 Å². The number of nitrogens with one attached hydrogen (secondary N) is 3. The van der Waals surface area contributed by atoms with Gasteiger partial charge in [-0.3, -0.25) is 14.6 Å². The van der Waals surface area contributed by atoms with Crippen LogP contribution < -0.4 is 21.9 Å². The molecule has 2 heterocycles. The summed E-state index contributed by atoms with van der Waals surface area (Å²) in [6.45, 7) is 0.255. The number of nitrogens with two attached hydrogens (primary N) is 1. The molecule has 0 spiro atoms. The van der Waals surface area contributed by atoms with E-state index in [1.54, 1.807) is 12.1 Å². The van der Waals surface area contributed by atoms with Crippen molar-refractivity contribution >= 4 is 41.0 Å². The van der Waals surface area contributed by atoms with E-state index in [-0.39, 0.29) is 42.1 Å². The Kier molecular flexibility index (Phi) is 6.50. The Morgan fingerprint density at radius 2 is 1.97 bits per heavy atom. The lowest BCUT2D eigenvalue weighted by Gasteiger charge is -2.13. The quantitative estimate of drug-likeness (QED) is 0.293. The van der Waals surface area contributed by atoms with Gasteiger partial charge in [-0.15, -0.1) is 0 Å². The highest BCUT2D eigenvalue weighted by molar-refractivity contribution is 5.96. The lowest BCUT2D eigenvalue weighted by atomic mass is 10.1. The number of nitrogen functional groups attached to an aromatic ring is 1. The number of hydrogen-bond donors (Lipinski definition) is 5. The molecule has 3 aromatic rings. The van der Waals surface area contributed by atoms with Crippen molar-refractivity contribution < 1.29 is 19.5 Å². The minimum Gasteiger partial charge on any atom is -0.480 e. The van der Waals surface area contributed by atoms with E-state index in [2.05, 4.69) is 30.6 Å². The molecule has 12 heteroatoms. The number of rotatable bonds is 9. The van der Waals surface area contributed by atoms with Crippen LogP contribution >= 0.6 is 0 Å². The van der Waals surface area contributed by atoms with Gasteiger partial charge in [-0.05, 0) is 30.7 Å². The molecule has 0 saturated heterocycles. The molecule has 0 fully saturated rings. The van der Waals surface area contributed by atoms with E-state index >= 15 is 0 Å². The van der Waals surface area contributed by atoms with Crippen LogP contribution in [-0.2, 0) is 16.1 Å². The van der Waals surface area contributed by atoms with Crippen molar-refractivity contribution in [3.8, 4) is 0 Å². The smallest absolute Gasteiger partial charge is 0.326 e. The van der Waals surface area contributed by atoms with Crippen LogP contribution in [-0.4, -0.2) is 49.2 Å². The Morgan fingerprint density at radius 1 is 1.23 bits per heavy atom. The molecule has 0 saturated carbocycles. The number of hydrogen-bond acceptors (Lipinski definition) is 9. The van der Waals surface area contributed by atoms with E-state index < -0.39 is 23.5 Å². The summed E-state index contributed by atoms with van der Waals surface area (Å²) in [5.74, 6) is -1.81. The van der Waals surface area contributed by atoms with Crippen LogP contribution in [0.2, 0.25) is 0 Å². The van der Waals surface area contributed by atoms with Gasteiger partial charge in [0.25, 0.3) is 11.5 Å². The van der Waals surface area contributed by atoms with E-state index in [0.29, 0.717) is 17.7 Å². The third-order valence-electron chi connectivity index (χ3n) is 4.28. The summed E-state index contributed by atoms with van der Waals surface area (Å²) in [7, 11) is 0. The first-order valence-corrected chi connectivity index (χ1v) is 9.20. The Labute approximate surface area is 174 Å². The fraction of sp³-hybridized carbons (Fsp3) is 0.211. The van der Waals surface area contributed by atoms with Gasteiger partial charge in [0, 0.05) is 17.7 Å². The van der Waals surface area contributed by atoms with Gasteiger partial charge in [-0.25, -0.2) is 14.8 Å². The normalized spacial score (nSPS) is 11.6. The average Bonchev–Trinajstić information content (AvgIpc) is 2.75. The minimum atomic E-state index is -1.21. The highest BCUT2D eigenvalue weighted by Gasteiger charge is 2.20. The van der Waals surface area contributed by atoms with Crippen LogP contribution in [0.15, 0.2) is 35.3 Å². The van der Waals surface area contributed by atoms with Gasteiger partial charge in [0.1, 0.15) is 12.3 Å². The Hall–Kier alpha value is -4.35. The Bertz CT molecular complexity index is 1180. The van der Waals surface area contributed by atoms with Gasteiger partial charge in [0.2, 0.25) is 5.95 Å². The van der Waals surface area contributed by atoms with Gasteiger partial charge >= 0.3 is 5.97 Å². The lowest BCUT2D eigenvalue weighted by molar-refractivity contribution is -0.139.